The summed E-state index contributed by atoms with van der Waals surface area (Å²) in [5.41, 5.74) is 12.6. The molecule has 24 heavy (non-hydrogen) atoms. The maximum absolute atomic E-state index is 10.7. The summed E-state index contributed by atoms with van der Waals surface area (Å²) in [6.45, 7) is 0. The number of phenolic OH excluding ortho intramolecular Hbond substituents is 2. The number of hydrogen-bond donors (Lipinski definition) is 4. The van der Waals surface area contributed by atoms with Gasteiger partial charge in [-0.1, -0.05) is 36.4 Å². The van der Waals surface area contributed by atoms with Crippen LogP contribution in [0.2, 0.25) is 0 Å². The van der Waals surface area contributed by atoms with Gasteiger partial charge in [-0.15, -0.1) is 0 Å². The molecular formula is C20H14N2O2. The summed E-state index contributed by atoms with van der Waals surface area (Å²) >= 11 is 0. The first kappa shape index (κ1) is 13.1. The summed E-state index contributed by atoms with van der Waals surface area (Å²) < 4.78 is 0. The third-order valence-corrected chi connectivity index (χ3v) is 4.87. The Labute approximate surface area is 136 Å². The molecule has 0 amide bonds. The molecule has 5 aromatic rings. The minimum Gasteiger partial charge on any atom is -0.505 e. The molecule has 0 aliphatic carbocycles. The summed E-state index contributed by atoms with van der Waals surface area (Å²) in [6, 6.07) is 15.3. The zero-order valence-electron chi connectivity index (χ0n) is 12.7. The molecule has 0 unspecified atom stereocenters. The van der Waals surface area contributed by atoms with E-state index in [0.29, 0.717) is 22.1 Å². The van der Waals surface area contributed by atoms with E-state index in [1.807, 2.05) is 36.4 Å². The first-order valence-electron chi connectivity index (χ1n) is 7.67. The van der Waals surface area contributed by atoms with Gasteiger partial charge in [0.05, 0.1) is 11.4 Å². The highest BCUT2D eigenvalue weighted by Crippen LogP contribution is 2.49. The summed E-state index contributed by atoms with van der Waals surface area (Å²) in [4.78, 5) is 0. The second kappa shape index (κ2) is 4.11. The second-order valence-electron chi connectivity index (χ2n) is 6.19. The third-order valence-electron chi connectivity index (χ3n) is 4.87. The summed E-state index contributed by atoms with van der Waals surface area (Å²) in [6.07, 6.45) is 0. The standard InChI is InChI=1S/C20H14N2O2/c21-13-7-10-8-14(22)20(24)18-12-6-2-4-9-3-1-5-11(15(9)12)17(16(10)18)19(13)23/h1-8,23-24H,21-22H2. The fourth-order valence-electron chi connectivity index (χ4n) is 3.88. The average molecular weight is 314 g/mol. The highest BCUT2D eigenvalue weighted by atomic mass is 16.3. The number of hydrogen-bond acceptors (Lipinski definition) is 4. The van der Waals surface area contributed by atoms with Gasteiger partial charge in [0, 0.05) is 16.2 Å². The predicted octanol–water partition coefficient (Wildman–Crippen LogP) is 4.31. The molecule has 0 fully saturated rings. The van der Waals surface area contributed by atoms with Gasteiger partial charge < -0.3 is 21.7 Å². The molecule has 0 aliphatic rings. The van der Waals surface area contributed by atoms with Crippen LogP contribution in [0, 0.1) is 0 Å². The van der Waals surface area contributed by atoms with Crippen LogP contribution in [0.4, 0.5) is 11.4 Å². The molecule has 0 bridgehead atoms. The Kier molecular flexibility index (Phi) is 2.24. The number of benzene rings is 5. The number of anilines is 2. The van der Waals surface area contributed by atoms with E-state index in [1.165, 1.54) is 0 Å². The maximum atomic E-state index is 10.7. The minimum atomic E-state index is 0.0370. The quantitative estimate of drug-likeness (QED) is 0.148. The average Bonchev–Trinajstić information content (AvgIpc) is 2.58. The van der Waals surface area contributed by atoms with E-state index < -0.39 is 0 Å². The van der Waals surface area contributed by atoms with Crippen molar-refractivity contribution in [3.05, 3.63) is 48.5 Å². The van der Waals surface area contributed by atoms with Gasteiger partial charge in [0.15, 0.2) is 0 Å². The van der Waals surface area contributed by atoms with Crippen molar-refractivity contribution >= 4 is 54.5 Å². The van der Waals surface area contributed by atoms with Gasteiger partial charge in [0.2, 0.25) is 0 Å². The van der Waals surface area contributed by atoms with E-state index in [4.69, 9.17) is 11.5 Å². The molecule has 0 atom stereocenters. The van der Waals surface area contributed by atoms with Crippen LogP contribution >= 0.6 is 0 Å². The number of fused-ring (bicyclic) bond motifs is 2. The molecule has 0 saturated heterocycles. The summed E-state index contributed by atoms with van der Waals surface area (Å²) in [7, 11) is 0. The predicted molar refractivity (Wildman–Crippen MR) is 99.8 cm³/mol. The highest BCUT2D eigenvalue weighted by Gasteiger charge is 2.20. The number of rotatable bonds is 0. The topological polar surface area (TPSA) is 92.5 Å². The Balaban J connectivity index is 2.33. The first-order valence-corrected chi connectivity index (χ1v) is 7.67. The molecule has 0 aliphatic heterocycles. The summed E-state index contributed by atoms with van der Waals surface area (Å²) in [5.74, 6) is 0.0739. The van der Waals surface area contributed by atoms with Crippen LogP contribution in [0.3, 0.4) is 0 Å². The van der Waals surface area contributed by atoms with Crippen molar-refractivity contribution in [3.63, 3.8) is 0 Å². The fraction of sp³-hybridized carbons (Fsp3) is 0. The number of nitrogens with two attached hydrogens (primary N) is 2. The molecule has 5 aromatic carbocycles. The van der Waals surface area contributed by atoms with Crippen LogP contribution in [0.5, 0.6) is 11.5 Å². The molecule has 5 rings (SSSR count). The lowest BCUT2D eigenvalue weighted by Crippen LogP contribution is -1.94. The molecule has 4 heteroatoms. The molecule has 6 N–H and O–H groups in total. The molecule has 0 heterocycles. The number of nitrogen functional groups attached to an aromatic ring is 2. The van der Waals surface area contributed by atoms with Crippen molar-refractivity contribution in [2.75, 3.05) is 11.5 Å². The van der Waals surface area contributed by atoms with Crippen LogP contribution in [-0.4, -0.2) is 10.2 Å². The van der Waals surface area contributed by atoms with Crippen LogP contribution in [-0.2, 0) is 0 Å². The van der Waals surface area contributed by atoms with Crippen LogP contribution in [0.1, 0.15) is 0 Å². The Morgan fingerprint density at radius 3 is 1.58 bits per heavy atom. The van der Waals surface area contributed by atoms with Crippen molar-refractivity contribution in [2.24, 2.45) is 0 Å². The second-order valence-corrected chi connectivity index (χ2v) is 6.19. The molecule has 116 valence electrons. The van der Waals surface area contributed by atoms with E-state index in [1.54, 1.807) is 12.1 Å². The van der Waals surface area contributed by atoms with Gasteiger partial charge in [-0.05, 0) is 39.1 Å². The van der Waals surface area contributed by atoms with Crippen molar-refractivity contribution in [3.8, 4) is 11.5 Å². The van der Waals surface area contributed by atoms with E-state index in [9.17, 15) is 10.2 Å². The zero-order chi connectivity index (χ0) is 16.6. The van der Waals surface area contributed by atoms with Gasteiger partial charge in [-0.25, -0.2) is 0 Å². The molecule has 4 nitrogen and oxygen atoms in total. The van der Waals surface area contributed by atoms with Crippen molar-refractivity contribution in [2.45, 2.75) is 0 Å². The van der Waals surface area contributed by atoms with Gasteiger partial charge in [-0.3, -0.25) is 0 Å². The fourth-order valence-corrected chi connectivity index (χ4v) is 3.88. The van der Waals surface area contributed by atoms with Gasteiger partial charge in [0.1, 0.15) is 11.5 Å². The van der Waals surface area contributed by atoms with Crippen LogP contribution < -0.4 is 11.5 Å². The van der Waals surface area contributed by atoms with E-state index in [0.717, 1.165) is 32.3 Å². The lowest BCUT2D eigenvalue weighted by atomic mass is 9.88. The van der Waals surface area contributed by atoms with E-state index >= 15 is 0 Å². The lowest BCUT2D eigenvalue weighted by Gasteiger charge is -2.18. The summed E-state index contributed by atoms with van der Waals surface area (Å²) in [5, 5.41) is 28.0. The van der Waals surface area contributed by atoms with Gasteiger partial charge >= 0.3 is 0 Å². The third kappa shape index (κ3) is 1.38. The zero-order valence-corrected chi connectivity index (χ0v) is 12.7. The first-order chi connectivity index (χ1) is 11.6. The molecule has 0 spiro atoms. The van der Waals surface area contributed by atoms with Crippen molar-refractivity contribution in [1.82, 2.24) is 0 Å². The Morgan fingerprint density at radius 1 is 0.583 bits per heavy atom. The number of phenols is 2. The Morgan fingerprint density at radius 2 is 1.08 bits per heavy atom. The lowest BCUT2D eigenvalue weighted by molar-refractivity contribution is 0.484. The maximum Gasteiger partial charge on any atom is 0.146 e. The normalized spacial score (nSPS) is 12.0. The highest BCUT2D eigenvalue weighted by molar-refractivity contribution is 6.36. The minimum absolute atomic E-state index is 0.0370. The molecule has 0 radical (unpaired) electrons. The largest absolute Gasteiger partial charge is 0.505 e. The Bertz CT molecular complexity index is 1200. The smallest absolute Gasteiger partial charge is 0.146 e. The number of aromatic hydroxyl groups is 2. The van der Waals surface area contributed by atoms with Crippen molar-refractivity contribution < 1.29 is 10.2 Å². The van der Waals surface area contributed by atoms with Gasteiger partial charge in [0.25, 0.3) is 0 Å². The SMILES string of the molecule is Nc1cc2cc(N)c(O)c3c4cccc5cccc(c(c1O)c23)c54. The van der Waals surface area contributed by atoms with Gasteiger partial charge in [-0.2, -0.15) is 0 Å². The van der Waals surface area contributed by atoms with Crippen LogP contribution in [0.25, 0.3) is 43.1 Å². The van der Waals surface area contributed by atoms with E-state index in [2.05, 4.69) is 0 Å². The molecule has 0 aromatic heterocycles. The van der Waals surface area contributed by atoms with Crippen LogP contribution in [0.15, 0.2) is 48.5 Å². The monoisotopic (exact) mass is 314 g/mol. The van der Waals surface area contributed by atoms with Crippen molar-refractivity contribution in [1.29, 1.82) is 0 Å². The molecule has 0 saturated carbocycles. The molecular weight excluding hydrogens is 300 g/mol. The Hall–Kier alpha value is -3.40. The van der Waals surface area contributed by atoms with E-state index in [-0.39, 0.29) is 11.5 Å².